The Kier molecular flexibility index (Phi) is 6.43. The molecular formula is C24H31N5O2. The van der Waals surface area contributed by atoms with Crippen molar-refractivity contribution in [2.24, 2.45) is 15.5 Å². The van der Waals surface area contributed by atoms with Crippen LogP contribution in [0.5, 0.6) is 5.75 Å². The number of amidine groups is 1. The molecule has 0 fully saturated rings. The van der Waals surface area contributed by atoms with Crippen LogP contribution in [0.1, 0.15) is 47.2 Å². The molecule has 2 atom stereocenters. The third-order valence-electron chi connectivity index (χ3n) is 5.44. The number of aromatic nitrogens is 1. The van der Waals surface area contributed by atoms with Gasteiger partial charge in [-0.3, -0.25) is 9.78 Å². The molecule has 0 saturated carbocycles. The van der Waals surface area contributed by atoms with Crippen LogP contribution < -0.4 is 10.1 Å². The van der Waals surface area contributed by atoms with Gasteiger partial charge in [-0.05, 0) is 51.3 Å². The summed E-state index contributed by atoms with van der Waals surface area (Å²) in [5, 5.41) is 9.31. The predicted molar refractivity (Wildman–Crippen MR) is 124 cm³/mol. The first-order valence-electron chi connectivity index (χ1n) is 10.5. The van der Waals surface area contributed by atoms with Gasteiger partial charge < -0.3 is 10.1 Å². The molecule has 1 N–H and O–H groups in total. The summed E-state index contributed by atoms with van der Waals surface area (Å²) in [5.41, 5.74) is 2.84. The Bertz CT molecular complexity index is 994. The molecule has 1 aromatic heterocycles. The van der Waals surface area contributed by atoms with Gasteiger partial charge >= 0.3 is 0 Å². The molecule has 2 aliphatic heterocycles. The minimum atomic E-state index is -0.396. The minimum Gasteiger partial charge on any atom is -0.436 e. The van der Waals surface area contributed by atoms with E-state index >= 15 is 0 Å². The van der Waals surface area contributed by atoms with Gasteiger partial charge in [-0.2, -0.15) is 0 Å². The second-order valence-electron chi connectivity index (χ2n) is 8.95. The van der Waals surface area contributed by atoms with E-state index in [-0.39, 0.29) is 17.4 Å². The van der Waals surface area contributed by atoms with Gasteiger partial charge in [-0.25, -0.2) is 10.0 Å². The van der Waals surface area contributed by atoms with Gasteiger partial charge in [0.1, 0.15) is 17.8 Å². The maximum Gasteiger partial charge on any atom is 0.248 e. The second kappa shape index (κ2) is 8.88. The van der Waals surface area contributed by atoms with Crippen LogP contribution in [0, 0.1) is 12.3 Å². The second-order valence-corrected chi connectivity index (χ2v) is 8.95. The van der Waals surface area contributed by atoms with Crippen LogP contribution in [-0.4, -0.2) is 39.8 Å². The van der Waals surface area contributed by atoms with Crippen molar-refractivity contribution in [1.29, 1.82) is 0 Å². The topological polar surface area (TPSA) is 79.2 Å². The fraction of sp³-hybridized carbons (Fsp3) is 0.417. The van der Waals surface area contributed by atoms with E-state index in [2.05, 4.69) is 48.1 Å². The molecule has 1 amide bonds. The molecular weight excluding hydrogens is 390 g/mol. The molecule has 0 saturated heterocycles. The van der Waals surface area contributed by atoms with E-state index in [9.17, 15) is 4.79 Å². The van der Waals surface area contributed by atoms with E-state index in [0.29, 0.717) is 23.1 Å². The lowest BCUT2D eigenvalue weighted by Crippen LogP contribution is -2.44. The third-order valence-corrected chi connectivity index (χ3v) is 5.44. The van der Waals surface area contributed by atoms with E-state index in [1.807, 2.05) is 51.1 Å². The number of carbonyl (C=O) groups is 1. The van der Waals surface area contributed by atoms with Crippen molar-refractivity contribution in [2.45, 2.75) is 60.7 Å². The van der Waals surface area contributed by atoms with Gasteiger partial charge in [-0.15, -0.1) is 5.10 Å². The Hall–Kier alpha value is -3.22. The SMILES string of the molecule is C/C(=C\C=C(/C)C(C)(C)C)C(=O)NC1N=C2C=CC(Oc3ccc(C)nc3)=NN2C1C. The number of hydrogen-bond donors (Lipinski definition) is 1. The first-order chi connectivity index (χ1) is 14.5. The van der Waals surface area contributed by atoms with Gasteiger partial charge in [-0.1, -0.05) is 38.5 Å². The molecule has 0 aromatic carbocycles. The summed E-state index contributed by atoms with van der Waals surface area (Å²) in [7, 11) is 0. The van der Waals surface area contributed by atoms with Crippen LogP contribution in [0.3, 0.4) is 0 Å². The van der Waals surface area contributed by atoms with Crippen LogP contribution in [0.15, 0.2) is 63.9 Å². The summed E-state index contributed by atoms with van der Waals surface area (Å²) >= 11 is 0. The van der Waals surface area contributed by atoms with Crippen LogP contribution in [0.4, 0.5) is 0 Å². The van der Waals surface area contributed by atoms with Crippen LogP contribution >= 0.6 is 0 Å². The Labute approximate surface area is 184 Å². The van der Waals surface area contributed by atoms with Gasteiger partial charge in [0.15, 0.2) is 0 Å². The summed E-state index contributed by atoms with van der Waals surface area (Å²) in [6.45, 7) is 14.2. The van der Waals surface area contributed by atoms with E-state index in [4.69, 9.17) is 4.74 Å². The van der Waals surface area contributed by atoms with Gasteiger partial charge in [0.05, 0.1) is 12.2 Å². The van der Waals surface area contributed by atoms with Crippen molar-refractivity contribution in [3.63, 3.8) is 0 Å². The summed E-state index contributed by atoms with van der Waals surface area (Å²) < 4.78 is 5.80. The maximum atomic E-state index is 12.7. The molecule has 7 nitrogen and oxygen atoms in total. The molecule has 164 valence electrons. The maximum absolute atomic E-state index is 12.7. The normalized spacial score (nSPS) is 21.5. The Morgan fingerprint density at radius 2 is 1.94 bits per heavy atom. The van der Waals surface area contributed by atoms with Crippen molar-refractivity contribution in [3.05, 3.63) is 59.5 Å². The number of amides is 1. The molecule has 3 rings (SSSR count). The zero-order valence-electron chi connectivity index (χ0n) is 19.3. The summed E-state index contributed by atoms with van der Waals surface area (Å²) in [6.07, 6.45) is 8.72. The number of ether oxygens (including phenoxy) is 1. The van der Waals surface area contributed by atoms with Crippen molar-refractivity contribution >= 4 is 17.6 Å². The molecule has 3 heterocycles. The highest BCUT2D eigenvalue weighted by Gasteiger charge is 2.35. The molecule has 2 unspecified atom stereocenters. The standard InChI is InChI=1S/C24H31N5O2/c1-15(8-9-16(2)24(5,6)7)23(30)27-22-18(4)29-20(26-22)12-13-21(28-29)31-19-11-10-17(3)25-14-19/h8-14,18,22H,1-7H3,(H,27,30)/b15-8+,16-9+. The van der Waals surface area contributed by atoms with Crippen LogP contribution in [0.25, 0.3) is 0 Å². The highest BCUT2D eigenvalue weighted by Crippen LogP contribution is 2.25. The number of carbonyl (C=O) groups excluding carboxylic acids is 1. The van der Waals surface area contributed by atoms with Crippen molar-refractivity contribution < 1.29 is 9.53 Å². The molecule has 31 heavy (non-hydrogen) atoms. The first-order valence-corrected chi connectivity index (χ1v) is 10.5. The minimum absolute atomic E-state index is 0.0704. The number of fused-ring (bicyclic) bond motifs is 1. The number of hydrazone groups is 1. The number of nitrogens with one attached hydrogen (secondary N) is 1. The Balaban J connectivity index is 1.65. The largest absolute Gasteiger partial charge is 0.436 e. The molecule has 0 radical (unpaired) electrons. The monoisotopic (exact) mass is 421 g/mol. The average molecular weight is 422 g/mol. The van der Waals surface area contributed by atoms with E-state index in [1.165, 1.54) is 5.57 Å². The fourth-order valence-electron chi connectivity index (χ4n) is 2.87. The molecule has 0 aliphatic carbocycles. The Morgan fingerprint density at radius 1 is 1.19 bits per heavy atom. The number of pyridine rings is 1. The lowest BCUT2D eigenvalue weighted by atomic mass is 9.87. The van der Waals surface area contributed by atoms with E-state index in [0.717, 1.165) is 5.69 Å². The average Bonchev–Trinajstić information content (AvgIpc) is 3.02. The smallest absolute Gasteiger partial charge is 0.248 e. The van der Waals surface area contributed by atoms with Crippen LogP contribution in [0.2, 0.25) is 0 Å². The zero-order valence-corrected chi connectivity index (χ0v) is 19.3. The lowest BCUT2D eigenvalue weighted by molar-refractivity contribution is -0.118. The highest BCUT2D eigenvalue weighted by atomic mass is 16.5. The summed E-state index contributed by atoms with van der Waals surface area (Å²) in [4.78, 5) is 21.5. The van der Waals surface area contributed by atoms with Crippen LogP contribution in [-0.2, 0) is 4.79 Å². The number of aliphatic imine (C=N–C) groups is 1. The number of allylic oxidation sites excluding steroid dienone is 3. The van der Waals surface area contributed by atoms with Gasteiger partial charge in [0, 0.05) is 17.3 Å². The predicted octanol–water partition coefficient (Wildman–Crippen LogP) is 4.14. The molecule has 0 bridgehead atoms. The number of rotatable bonds is 4. The third kappa shape index (κ3) is 5.48. The molecule has 0 spiro atoms. The number of nitrogens with zero attached hydrogens (tertiary/aromatic N) is 4. The number of hydrogen-bond acceptors (Lipinski definition) is 6. The quantitative estimate of drug-likeness (QED) is 0.585. The van der Waals surface area contributed by atoms with Crippen molar-refractivity contribution in [2.75, 3.05) is 0 Å². The van der Waals surface area contributed by atoms with Gasteiger partial charge in [0.25, 0.3) is 0 Å². The number of aryl methyl sites for hydroxylation is 1. The van der Waals surface area contributed by atoms with E-state index in [1.54, 1.807) is 17.3 Å². The summed E-state index contributed by atoms with van der Waals surface area (Å²) in [5.74, 6) is 1.61. The molecule has 7 heteroatoms. The molecule has 1 aromatic rings. The van der Waals surface area contributed by atoms with E-state index < -0.39 is 6.17 Å². The summed E-state index contributed by atoms with van der Waals surface area (Å²) in [6, 6.07) is 3.59. The van der Waals surface area contributed by atoms with Crippen molar-refractivity contribution in [3.8, 4) is 5.75 Å². The van der Waals surface area contributed by atoms with Crippen molar-refractivity contribution in [1.82, 2.24) is 15.3 Å². The fourth-order valence-corrected chi connectivity index (χ4v) is 2.87. The highest BCUT2D eigenvalue weighted by molar-refractivity contribution is 6.05. The lowest BCUT2D eigenvalue weighted by Gasteiger charge is -2.24. The zero-order chi connectivity index (χ0) is 22.8. The first kappa shape index (κ1) is 22.5. The Morgan fingerprint density at radius 3 is 2.58 bits per heavy atom. The molecule has 2 aliphatic rings. The van der Waals surface area contributed by atoms with Gasteiger partial charge in [0.2, 0.25) is 11.8 Å².